The standard InChI is InChI=1S/C11H17NO/c1-4-9(12)11-8(3)5-7(2)6-10(11)13/h5-6,9,13H,4,12H2,1-3H3/t9-/m1/s1. The van der Waals surface area contributed by atoms with Crippen molar-refractivity contribution in [1.29, 1.82) is 0 Å². The second-order valence-corrected chi connectivity index (χ2v) is 3.53. The molecular formula is C11H17NO. The molecule has 0 fully saturated rings. The third-order valence-corrected chi connectivity index (χ3v) is 2.32. The van der Waals surface area contributed by atoms with E-state index in [0.717, 1.165) is 23.1 Å². The molecule has 0 unspecified atom stereocenters. The zero-order chi connectivity index (χ0) is 10.0. The van der Waals surface area contributed by atoms with Gasteiger partial charge < -0.3 is 10.8 Å². The predicted octanol–water partition coefficient (Wildman–Crippen LogP) is 2.42. The van der Waals surface area contributed by atoms with E-state index in [0.29, 0.717) is 5.75 Å². The summed E-state index contributed by atoms with van der Waals surface area (Å²) in [7, 11) is 0. The highest BCUT2D eigenvalue weighted by Gasteiger charge is 2.11. The fourth-order valence-corrected chi connectivity index (χ4v) is 1.64. The van der Waals surface area contributed by atoms with Crippen molar-refractivity contribution in [2.24, 2.45) is 5.73 Å². The van der Waals surface area contributed by atoms with Crippen LogP contribution in [0, 0.1) is 13.8 Å². The van der Waals surface area contributed by atoms with Crippen LogP contribution in [-0.4, -0.2) is 5.11 Å². The van der Waals surface area contributed by atoms with E-state index in [1.165, 1.54) is 0 Å². The third-order valence-electron chi connectivity index (χ3n) is 2.32. The molecule has 0 saturated heterocycles. The Balaban J connectivity index is 3.20. The fourth-order valence-electron chi connectivity index (χ4n) is 1.64. The van der Waals surface area contributed by atoms with Gasteiger partial charge in [-0.2, -0.15) is 0 Å². The molecule has 1 rings (SSSR count). The quantitative estimate of drug-likeness (QED) is 0.732. The average molecular weight is 179 g/mol. The maximum atomic E-state index is 9.69. The normalized spacial score (nSPS) is 12.9. The number of benzene rings is 1. The lowest BCUT2D eigenvalue weighted by Gasteiger charge is -2.15. The van der Waals surface area contributed by atoms with Gasteiger partial charge in [0.15, 0.2) is 0 Å². The van der Waals surface area contributed by atoms with E-state index in [1.807, 2.05) is 26.8 Å². The Morgan fingerprint density at radius 1 is 1.38 bits per heavy atom. The van der Waals surface area contributed by atoms with Crippen LogP contribution in [0.15, 0.2) is 12.1 Å². The van der Waals surface area contributed by atoms with E-state index in [4.69, 9.17) is 5.73 Å². The zero-order valence-corrected chi connectivity index (χ0v) is 8.46. The summed E-state index contributed by atoms with van der Waals surface area (Å²) in [6.45, 7) is 5.97. The molecule has 3 N–H and O–H groups in total. The van der Waals surface area contributed by atoms with E-state index < -0.39 is 0 Å². The molecular weight excluding hydrogens is 162 g/mol. The lowest BCUT2D eigenvalue weighted by atomic mass is 9.97. The number of aryl methyl sites for hydroxylation is 2. The van der Waals surface area contributed by atoms with Gasteiger partial charge in [-0.05, 0) is 37.5 Å². The molecule has 0 aliphatic rings. The van der Waals surface area contributed by atoms with Crippen molar-refractivity contribution < 1.29 is 5.11 Å². The highest BCUT2D eigenvalue weighted by atomic mass is 16.3. The first-order chi connectivity index (χ1) is 6.06. The smallest absolute Gasteiger partial charge is 0.120 e. The van der Waals surface area contributed by atoms with Crippen LogP contribution < -0.4 is 5.73 Å². The first kappa shape index (κ1) is 10.1. The summed E-state index contributed by atoms with van der Waals surface area (Å²) in [5.41, 5.74) is 8.92. The molecule has 1 aromatic carbocycles. The zero-order valence-electron chi connectivity index (χ0n) is 8.46. The Hall–Kier alpha value is -1.02. The number of nitrogens with two attached hydrogens (primary N) is 1. The molecule has 13 heavy (non-hydrogen) atoms. The minimum atomic E-state index is -0.0550. The Labute approximate surface area is 79.4 Å². The van der Waals surface area contributed by atoms with Gasteiger partial charge in [0.05, 0.1) is 0 Å². The van der Waals surface area contributed by atoms with Crippen LogP contribution in [0.5, 0.6) is 5.75 Å². The molecule has 0 bridgehead atoms. The van der Waals surface area contributed by atoms with Crippen LogP contribution in [-0.2, 0) is 0 Å². The summed E-state index contributed by atoms with van der Waals surface area (Å²) in [5, 5.41) is 9.69. The lowest BCUT2D eigenvalue weighted by molar-refractivity contribution is 0.459. The third kappa shape index (κ3) is 2.01. The molecule has 0 radical (unpaired) electrons. The minimum absolute atomic E-state index is 0.0550. The van der Waals surface area contributed by atoms with E-state index in [-0.39, 0.29) is 6.04 Å². The molecule has 72 valence electrons. The predicted molar refractivity (Wildman–Crippen MR) is 54.8 cm³/mol. The van der Waals surface area contributed by atoms with Gasteiger partial charge in [-0.3, -0.25) is 0 Å². The minimum Gasteiger partial charge on any atom is -0.508 e. The summed E-state index contributed by atoms with van der Waals surface area (Å²) < 4.78 is 0. The lowest BCUT2D eigenvalue weighted by Crippen LogP contribution is -2.10. The maximum absolute atomic E-state index is 9.69. The summed E-state index contributed by atoms with van der Waals surface area (Å²) in [5.74, 6) is 0.326. The molecule has 0 aliphatic heterocycles. The maximum Gasteiger partial charge on any atom is 0.120 e. The molecule has 0 heterocycles. The van der Waals surface area contributed by atoms with Crippen LogP contribution in [0.3, 0.4) is 0 Å². The van der Waals surface area contributed by atoms with Crippen molar-refractivity contribution >= 4 is 0 Å². The van der Waals surface area contributed by atoms with Gasteiger partial charge in [-0.1, -0.05) is 13.0 Å². The molecule has 0 spiro atoms. The molecule has 0 amide bonds. The molecule has 2 heteroatoms. The second kappa shape index (κ2) is 3.79. The number of phenols is 1. The summed E-state index contributed by atoms with van der Waals surface area (Å²) in [6.07, 6.45) is 0.845. The Bertz CT molecular complexity index is 284. The molecule has 2 nitrogen and oxygen atoms in total. The number of phenolic OH excluding ortho intramolecular Hbond substituents is 1. The second-order valence-electron chi connectivity index (χ2n) is 3.53. The van der Waals surface area contributed by atoms with Gasteiger partial charge in [-0.15, -0.1) is 0 Å². The van der Waals surface area contributed by atoms with Crippen LogP contribution >= 0.6 is 0 Å². The molecule has 0 saturated carbocycles. The number of hydrogen-bond donors (Lipinski definition) is 2. The number of hydrogen-bond acceptors (Lipinski definition) is 2. The van der Waals surface area contributed by atoms with E-state index >= 15 is 0 Å². The molecule has 0 aromatic heterocycles. The van der Waals surface area contributed by atoms with Gasteiger partial charge in [0.1, 0.15) is 5.75 Å². The topological polar surface area (TPSA) is 46.2 Å². The molecule has 1 aromatic rings. The highest BCUT2D eigenvalue weighted by Crippen LogP contribution is 2.29. The number of rotatable bonds is 2. The van der Waals surface area contributed by atoms with Gasteiger partial charge in [-0.25, -0.2) is 0 Å². The summed E-state index contributed by atoms with van der Waals surface area (Å²) in [4.78, 5) is 0. The Morgan fingerprint density at radius 3 is 2.46 bits per heavy atom. The largest absolute Gasteiger partial charge is 0.508 e. The Morgan fingerprint density at radius 2 is 2.00 bits per heavy atom. The SMILES string of the molecule is CC[C@@H](N)c1c(C)cc(C)cc1O. The van der Waals surface area contributed by atoms with Gasteiger partial charge in [0, 0.05) is 11.6 Å². The first-order valence-corrected chi connectivity index (χ1v) is 4.62. The van der Waals surface area contributed by atoms with Gasteiger partial charge in [0.2, 0.25) is 0 Å². The van der Waals surface area contributed by atoms with Crippen molar-refractivity contribution in [3.05, 3.63) is 28.8 Å². The number of aromatic hydroxyl groups is 1. The van der Waals surface area contributed by atoms with Crippen LogP contribution in [0.2, 0.25) is 0 Å². The van der Waals surface area contributed by atoms with Gasteiger partial charge >= 0.3 is 0 Å². The van der Waals surface area contributed by atoms with Crippen molar-refractivity contribution in [1.82, 2.24) is 0 Å². The fraction of sp³-hybridized carbons (Fsp3) is 0.455. The van der Waals surface area contributed by atoms with E-state index in [2.05, 4.69) is 0 Å². The average Bonchev–Trinajstić information content (AvgIpc) is 2.02. The van der Waals surface area contributed by atoms with Gasteiger partial charge in [0.25, 0.3) is 0 Å². The van der Waals surface area contributed by atoms with Crippen molar-refractivity contribution in [3.8, 4) is 5.75 Å². The highest BCUT2D eigenvalue weighted by molar-refractivity contribution is 5.43. The molecule has 1 atom stereocenters. The van der Waals surface area contributed by atoms with E-state index in [1.54, 1.807) is 6.07 Å². The van der Waals surface area contributed by atoms with Crippen LogP contribution in [0.4, 0.5) is 0 Å². The Kier molecular flexibility index (Phi) is 2.94. The summed E-state index contributed by atoms with van der Waals surface area (Å²) >= 11 is 0. The van der Waals surface area contributed by atoms with E-state index in [9.17, 15) is 5.11 Å². The van der Waals surface area contributed by atoms with Crippen molar-refractivity contribution in [3.63, 3.8) is 0 Å². The van der Waals surface area contributed by atoms with Crippen LogP contribution in [0.25, 0.3) is 0 Å². The first-order valence-electron chi connectivity index (χ1n) is 4.62. The van der Waals surface area contributed by atoms with Crippen molar-refractivity contribution in [2.75, 3.05) is 0 Å². The van der Waals surface area contributed by atoms with Crippen LogP contribution in [0.1, 0.15) is 36.1 Å². The monoisotopic (exact) mass is 179 g/mol. The van der Waals surface area contributed by atoms with Crippen molar-refractivity contribution in [2.45, 2.75) is 33.2 Å². The molecule has 0 aliphatic carbocycles. The summed E-state index contributed by atoms with van der Waals surface area (Å²) in [6, 6.07) is 3.75.